The van der Waals surface area contributed by atoms with Crippen molar-refractivity contribution in [2.24, 2.45) is 5.18 Å². The van der Waals surface area contributed by atoms with Gasteiger partial charge in [0.15, 0.2) is 5.54 Å². The van der Waals surface area contributed by atoms with Gasteiger partial charge in [0.1, 0.15) is 17.3 Å². The first-order valence-electron chi connectivity index (χ1n) is 13.1. The van der Waals surface area contributed by atoms with Crippen molar-refractivity contribution in [1.82, 2.24) is 4.98 Å². The van der Waals surface area contributed by atoms with E-state index in [1.165, 1.54) is 25.3 Å². The Morgan fingerprint density at radius 3 is 2.27 bits per heavy atom. The maximum absolute atomic E-state index is 15.4. The zero-order valence-corrected chi connectivity index (χ0v) is 23.9. The third kappa shape index (κ3) is 7.35. The summed E-state index contributed by atoms with van der Waals surface area (Å²) in [5, 5.41) is 12.0. The Morgan fingerprint density at radius 2 is 1.77 bits per heavy atom. The molecule has 0 aliphatic carbocycles. The lowest BCUT2D eigenvalue weighted by atomic mass is 9.83. The Labute approximate surface area is 234 Å². The van der Waals surface area contributed by atoms with Crippen molar-refractivity contribution in [1.29, 1.82) is 5.26 Å². The number of nitriles is 1. The summed E-state index contributed by atoms with van der Waals surface area (Å²) in [5.41, 5.74) is 0.177. The van der Waals surface area contributed by atoms with Crippen molar-refractivity contribution in [3.8, 4) is 22.9 Å². The second-order valence-electron chi connectivity index (χ2n) is 9.66. The number of nitrogens with zero attached hydrogens (tertiary/aromatic N) is 3. The van der Waals surface area contributed by atoms with Crippen LogP contribution in [0.3, 0.4) is 0 Å². The molecule has 8 heteroatoms. The van der Waals surface area contributed by atoms with Crippen LogP contribution in [0.4, 0.5) is 13.2 Å². The minimum absolute atomic E-state index is 0.436. The van der Waals surface area contributed by atoms with Crippen molar-refractivity contribution in [3.05, 3.63) is 99.5 Å². The van der Waals surface area contributed by atoms with Gasteiger partial charge in [-0.2, -0.15) is 14.0 Å². The van der Waals surface area contributed by atoms with Gasteiger partial charge >= 0.3 is 5.92 Å². The number of allylic oxidation sites excluding steroid dienone is 5. The molecule has 0 spiro atoms. The smallest absolute Gasteiger partial charge is 0.321 e. The highest BCUT2D eigenvalue weighted by atomic mass is 19.3. The summed E-state index contributed by atoms with van der Waals surface area (Å²) in [4.78, 5) is 15.5. The van der Waals surface area contributed by atoms with Crippen molar-refractivity contribution in [3.63, 3.8) is 0 Å². The number of hydrogen-bond acceptors (Lipinski definition) is 5. The van der Waals surface area contributed by atoms with E-state index in [0.717, 1.165) is 55.5 Å². The van der Waals surface area contributed by atoms with Crippen LogP contribution in [-0.4, -0.2) is 17.1 Å². The quantitative estimate of drug-likeness (QED) is 0.141. The zero-order chi connectivity index (χ0) is 29.9. The summed E-state index contributed by atoms with van der Waals surface area (Å²) in [6, 6.07) is 12.0. The molecule has 1 atom stereocenters. The fourth-order valence-electron chi connectivity index (χ4n) is 4.11. The minimum Gasteiger partial charge on any atom is -0.493 e. The maximum Gasteiger partial charge on any atom is 0.321 e. The summed E-state index contributed by atoms with van der Waals surface area (Å²) in [6.45, 7) is 9.88. The normalized spacial score (nSPS) is 15.2. The summed E-state index contributed by atoms with van der Waals surface area (Å²) in [6.07, 6.45) is 8.24. The Bertz CT molecular complexity index is 1330. The highest BCUT2D eigenvalue weighted by molar-refractivity contribution is 5.63. The highest BCUT2D eigenvalue weighted by Crippen LogP contribution is 2.46. The molecule has 0 amide bonds. The molecule has 2 rings (SSSR count). The van der Waals surface area contributed by atoms with E-state index in [0.29, 0.717) is 29.9 Å². The number of benzene rings is 1. The van der Waals surface area contributed by atoms with Crippen LogP contribution in [0.5, 0.6) is 5.75 Å². The predicted octanol–water partition coefficient (Wildman–Crippen LogP) is 9.54. The molecule has 0 saturated heterocycles. The van der Waals surface area contributed by atoms with Gasteiger partial charge < -0.3 is 4.74 Å². The lowest BCUT2D eigenvalue weighted by Crippen LogP contribution is -2.43. The minimum atomic E-state index is -3.86. The van der Waals surface area contributed by atoms with Crippen LogP contribution in [0.25, 0.3) is 11.1 Å². The van der Waals surface area contributed by atoms with Gasteiger partial charge in [0.25, 0.3) is 0 Å². The molecule has 1 unspecified atom stereocenters. The number of unbranched alkanes of at least 4 members (excludes halogenated alkanes) is 1. The van der Waals surface area contributed by atoms with Gasteiger partial charge in [0, 0.05) is 23.8 Å². The molecule has 0 N–H and O–H groups in total. The van der Waals surface area contributed by atoms with E-state index in [4.69, 9.17) is 4.74 Å². The molecule has 5 nitrogen and oxygen atoms in total. The lowest BCUT2D eigenvalue weighted by Gasteiger charge is -2.31. The molecule has 212 valence electrons. The van der Waals surface area contributed by atoms with Gasteiger partial charge in [-0.3, -0.25) is 4.98 Å². The maximum atomic E-state index is 15.4. The number of nitroso groups, excluding NO2 is 1. The molecule has 2 aromatic rings. The summed E-state index contributed by atoms with van der Waals surface area (Å²) in [5.74, 6) is -4.14. The summed E-state index contributed by atoms with van der Waals surface area (Å²) >= 11 is 0. The lowest BCUT2D eigenvalue weighted by molar-refractivity contribution is -0.0628. The van der Waals surface area contributed by atoms with Crippen molar-refractivity contribution >= 4 is 0 Å². The first-order valence-corrected chi connectivity index (χ1v) is 13.1. The molecule has 0 fully saturated rings. The van der Waals surface area contributed by atoms with E-state index in [9.17, 15) is 14.6 Å². The third-order valence-electron chi connectivity index (χ3n) is 6.84. The number of hydrogen-bond donors (Lipinski definition) is 0. The van der Waals surface area contributed by atoms with Gasteiger partial charge in [0.05, 0.1) is 18.2 Å². The van der Waals surface area contributed by atoms with E-state index in [1.807, 2.05) is 19.9 Å². The number of ether oxygens (including phenoxy) is 1. The van der Waals surface area contributed by atoms with Gasteiger partial charge in [-0.1, -0.05) is 60.5 Å². The predicted molar refractivity (Wildman–Crippen MR) is 153 cm³/mol. The average Bonchev–Trinajstić information content (AvgIpc) is 2.95. The van der Waals surface area contributed by atoms with E-state index >= 15 is 8.78 Å². The van der Waals surface area contributed by atoms with Crippen LogP contribution in [0.2, 0.25) is 0 Å². The second kappa shape index (κ2) is 14.4. The molecule has 0 saturated carbocycles. The first-order chi connectivity index (χ1) is 19.0. The summed E-state index contributed by atoms with van der Waals surface area (Å²) < 4.78 is 50.8. The van der Waals surface area contributed by atoms with Gasteiger partial charge in [0.2, 0.25) is 0 Å². The second-order valence-corrected chi connectivity index (χ2v) is 9.66. The summed E-state index contributed by atoms with van der Waals surface area (Å²) in [7, 11) is 0. The highest BCUT2D eigenvalue weighted by Gasteiger charge is 2.57. The molecule has 0 bridgehead atoms. The molecule has 0 aliphatic heterocycles. The van der Waals surface area contributed by atoms with Gasteiger partial charge in [-0.05, 0) is 70.4 Å². The van der Waals surface area contributed by atoms with Crippen LogP contribution in [0, 0.1) is 16.2 Å². The topological polar surface area (TPSA) is 75.3 Å². The van der Waals surface area contributed by atoms with Gasteiger partial charge in [-0.15, -0.1) is 4.91 Å². The zero-order valence-electron chi connectivity index (χ0n) is 23.9. The fraction of sp³-hybridized carbons (Fsp3) is 0.375. The third-order valence-corrected chi connectivity index (χ3v) is 6.84. The fourth-order valence-corrected chi connectivity index (χ4v) is 4.11. The number of pyridine rings is 1. The van der Waals surface area contributed by atoms with E-state index in [2.05, 4.69) is 23.2 Å². The molecule has 0 aliphatic rings. The van der Waals surface area contributed by atoms with Crippen LogP contribution < -0.4 is 4.74 Å². The number of rotatable bonds is 13. The van der Waals surface area contributed by atoms with E-state index in [1.54, 1.807) is 24.3 Å². The largest absolute Gasteiger partial charge is 0.493 e. The van der Waals surface area contributed by atoms with E-state index in [-0.39, 0.29) is 0 Å². The standard InChI is InChI=1S/C32H36F3N3O2/c1-7-9-11-26(20-36)23(4)22(3)18-19-40-28-15-12-25(13-16-28)27-14-17-30(37-21-27)32(34,35)31(6,38-39)29(10-8-2)24(5)33/h8,10-17,21H,7,9,18-19H2,1-6H3/b10-8-,23-22+,26-11-,29-24-. The van der Waals surface area contributed by atoms with Crippen molar-refractivity contribution < 1.29 is 17.9 Å². The number of aromatic nitrogens is 1. The van der Waals surface area contributed by atoms with Crippen molar-refractivity contribution in [2.45, 2.75) is 72.3 Å². The molecule has 1 aromatic heterocycles. The molecule has 40 heavy (non-hydrogen) atoms. The van der Waals surface area contributed by atoms with Gasteiger partial charge in [-0.25, -0.2) is 4.39 Å². The SMILES string of the molecule is C/C=C\C(=C(/C)F)C(C)(N=O)C(F)(F)c1ccc(-c2ccc(OCC/C(C)=C(C)/C(C#N)=C\CCC)cc2)cn1. The molecular formula is C32H36F3N3O2. The molecule has 1 heterocycles. The Hall–Kier alpha value is -3.99. The van der Waals surface area contributed by atoms with Crippen LogP contribution in [-0.2, 0) is 5.92 Å². The van der Waals surface area contributed by atoms with Crippen LogP contribution in [0.1, 0.15) is 66.5 Å². The number of halogens is 3. The van der Waals surface area contributed by atoms with Crippen LogP contribution in [0.15, 0.2) is 94.1 Å². The Kier molecular flexibility index (Phi) is 11.6. The molecule has 1 aromatic carbocycles. The molecular weight excluding hydrogens is 515 g/mol. The monoisotopic (exact) mass is 551 g/mol. The number of alkyl halides is 2. The molecule has 0 radical (unpaired) electrons. The first kappa shape index (κ1) is 32.2. The van der Waals surface area contributed by atoms with Crippen LogP contribution >= 0.6 is 0 Å². The Morgan fingerprint density at radius 1 is 1.12 bits per heavy atom. The van der Waals surface area contributed by atoms with E-state index < -0.39 is 28.6 Å². The Balaban J connectivity index is 2.16. The van der Waals surface area contributed by atoms with Crippen molar-refractivity contribution in [2.75, 3.05) is 6.61 Å². The average molecular weight is 552 g/mol.